The van der Waals surface area contributed by atoms with Crippen LogP contribution in [0.3, 0.4) is 0 Å². The number of pyridine rings is 1. The highest BCUT2D eigenvalue weighted by Gasteiger charge is 2.10. The summed E-state index contributed by atoms with van der Waals surface area (Å²) in [6.45, 7) is 2.23. The van der Waals surface area contributed by atoms with Crippen molar-refractivity contribution in [3.63, 3.8) is 0 Å². The van der Waals surface area contributed by atoms with E-state index in [1.165, 1.54) is 36.6 Å². The van der Waals surface area contributed by atoms with Crippen LogP contribution in [0.4, 0.5) is 0 Å². The Morgan fingerprint density at radius 1 is 1.21 bits per heavy atom. The second kappa shape index (κ2) is 7.22. The molecule has 3 nitrogen and oxygen atoms in total. The normalized spacial score (nSPS) is 12.7. The lowest BCUT2D eigenvalue weighted by molar-refractivity contribution is 0.481. The van der Waals surface area contributed by atoms with Gasteiger partial charge in [0.1, 0.15) is 0 Å². The number of aromatic nitrogens is 1. The van der Waals surface area contributed by atoms with Gasteiger partial charge in [0.25, 0.3) is 0 Å². The number of nitrogens with zero attached hydrogens (tertiary/aromatic N) is 1. The SMILES string of the molecule is CCCCCCC(NN)c1cnc2ccccc2c1. The fourth-order valence-corrected chi connectivity index (χ4v) is 2.40. The van der Waals surface area contributed by atoms with Crippen LogP contribution in [0.5, 0.6) is 0 Å². The smallest absolute Gasteiger partial charge is 0.0702 e. The van der Waals surface area contributed by atoms with Gasteiger partial charge in [-0.3, -0.25) is 16.3 Å². The Balaban J connectivity index is 2.07. The van der Waals surface area contributed by atoms with E-state index in [9.17, 15) is 0 Å². The number of nitrogens with two attached hydrogens (primary N) is 1. The molecular weight excluding hydrogens is 234 g/mol. The Labute approximate surface area is 115 Å². The first-order valence-corrected chi connectivity index (χ1v) is 7.16. The molecule has 102 valence electrons. The standard InChI is InChI=1S/C16H23N3/c1-2-3-4-5-10-16(19-17)14-11-13-8-6-7-9-15(13)18-12-14/h6-9,11-12,16,19H,2-5,10,17H2,1H3. The molecule has 1 aromatic heterocycles. The number of benzene rings is 1. The molecule has 1 heterocycles. The van der Waals surface area contributed by atoms with E-state index in [0.717, 1.165) is 11.9 Å². The number of hydrogen-bond donors (Lipinski definition) is 2. The van der Waals surface area contributed by atoms with Crippen molar-refractivity contribution in [3.05, 3.63) is 42.1 Å². The van der Waals surface area contributed by atoms with E-state index in [1.54, 1.807) is 0 Å². The number of rotatable bonds is 7. The van der Waals surface area contributed by atoms with Gasteiger partial charge in [0.05, 0.1) is 5.52 Å². The Morgan fingerprint density at radius 3 is 2.84 bits per heavy atom. The van der Waals surface area contributed by atoms with Crippen molar-refractivity contribution in [2.24, 2.45) is 5.84 Å². The molecule has 1 unspecified atom stereocenters. The third kappa shape index (κ3) is 3.75. The summed E-state index contributed by atoms with van der Waals surface area (Å²) >= 11 is 0. The lowest BCUT2D eigenvalue weighted by Crippen LogP contribution is -2.28. The molecule has 2 rings (SSSR count). The topological polar surface area (TPSA) is 50.9 Å². The van der Waals surface area contributed by atoms with Gasteiger partial charge >= 0.3 is 0 Å². The average molecular weight is 257 g/mol. The van der Waals surface area contributed by atoms with Gasteiger partial charge in [-0.15, -0.1) is 0 Å². The summed E-state index contributed by atoms with van der Waals surface area (Å²) in [7, 11) is 0. The van der Waals surface area contributed by atoms with E-state index in [-0.39, 0.29) is 6.04 Å². The highest BCUT2D eigenvalue weighted by atomic mass is 15.2. The molecule has 0 spiro atoms. The number of para-hydroxylation sites is 1. The van der Waals surface area contributed by atoms with Crippen molar-refractivity contribution < 1.29 is 0 Å². The fraction of sp³-hybridized carbons (Fsp3) is 0.438. The Hall–Kier alpha value is -1.45. The van der Waals surface area contributed by atoms with Gasteiger partial charge in [0.15, 0.2) is 0 Å². The summed E-state index contributed by atoms with van der Waals surface area (Å²) in [5.74, 6) is 5.69. The molecule has 0 aliphatic heterocycles. The number of unbranched alkanes of at least 4 members (excludes halogenated alkanes) is 3. The van der Waals surface area contributed by atoms with Crippen LogP contribution in [-0.4, -0.2) is 4.98 Å². The van der Waals surface area contributed by atoms with Crippen molar-refractivity contribution in [1.29, 1.82) is 0 Å². The predicted octanol–water partition coefficient (Wildman–Crippen LogP) is 3.71. The van der Waals surface area contributed by atoms with Gasteiger partial charge in [-0.1, -0.05) is 50.8 Å². The van der Waals surface area contributed by atoms with E-state index in [0.29, 0.717) is 0 Å². The van der Waals surface area contributed by atoms with Crippen molar-refractivity contribution in [2.75, 3.05) is 0 Å². The summed E-state index contributed by atoms with van der Waals surface area (Å²) in [5.41, 5.74) is 5.13. The molecule has 1 aromatic carbocycles. The zero-order valence-corrected chi connectivity index (χ0v) is 11.6. The van der Waals surface area contributed by atoms with Crippen LogP contribution in [-0.2, 0) is 0 Å². The van der Waals surface area contributed by atoms with Crippen LogP contribution < -0.4 is 11.3 Å². The molecule has 0 radical (unpaired) electrons. The van der Waals surface area contributed by atoms with E-state index < -0.39 is 0 Å². The molecule has 3 heteroatoms. The van der Waals surface area contributed by atoms with Gasteiger partial charge in [-0.25, -0.2) is 0 Å². The number of fused-ring (bicyclic) bond motifs is 1. The van der Waals surface area contributed by atoms with E-state index in [2.05, 4.69) is 29.5 Å². The summed E-state index contributed by atoms with van der Waals surface area (Å²) < 4.78 is 0. The molecule has 1 atom stereocenters. The highest BCUT2D eigenvalue weighted by Crippen LogP contribution is 2.22. The molecule has 0 saturated carbocycles. The number of hydrogen-bond acceptors (Lipinski definition) is 3. The van der Waals surface area contributed by atoms with Gasteiger partial charge in [0, 0.05) is 17.6 Å². The fourth-order valence-electron chi connectivity index (χ4n) is 2.40. The van der Waals surface area contributed by atoms with Crippen molar-refractivity contribution in [2.45, 2.75) is 45.1 Å². The Bertz CT molecular complexity index is 510. The summed E-state index contributed by atoms with van der Waals surface area (Å²) in [6, 6.07) is 10.6. The van der Waals surface area contributed by atoms with Crippen LogP contribution in [0.2, 0.25) is 0 Å². The average Bonchev–Trinajstić information content (AvgIpc) is 2.47. The molecule has 0 amide bonds. The third-order valence-electron chi connectivity index (χ3n) is 3.56. The van der Waals surface area contributed by atoms with Crippen LogP contribution >= 0.6 is 0 Å². The number of hydrazine groups is 1. The highest BCUT2D eigenvalue weighted by molar-refractivity contribution is 5.78. The van der Waals surface area contributed by atoms with Crippen LogP contribution in [0.1, 0.15) is 50.6 Å². The molecule has 0 fully saturated rings. The van der Waals surface area contributed by atoms with Crippen LogP contribution in [0.15, 0.2) is 36.5 Å². The molecule has 19 heavy (non-hydrogen) atoms. The lowest BCUT2D eigenvalue weighted by Gasteiger charge is -2.16. The van der Waals surface area contributed by atoms with Gasteiger partial charge in [0.2, 0.25) is 0 Å². The minimum Gasteiger partial charge on any atom is -0.271 e. The minimum atomic E-state index is 0.203. The molecule has 3 N–H and O–H groups in total. The quantitative estimate of drug-likeness (QED) is 0.451. The predicted molar refractivity (Wildman–Crippen MR) is 80.6 cm³/mol. The molecule has 0 saturated heterocycles. The Morgan fingerprint density at radius 2 is 2.05 bits per heavy atom. The third-order valence-corrected chi connectivity index (χ3v) is 3.56. The largest absolute Gasteiger partial charge is 0.271 e. The van der Waals surface area contributed by atoms with E-state index in [4.69, 9.17) is 5.84 Å². The van der Waals surface area contributed by atoms with Crippen molar-refractivity contribution in [3.8, 4) is 0 Å². The second-order valence-corrected chi connectivity index (χ2v) is 5.03. The van der Waals surface area contributed by atoms with Crippen LogP contribution in [0.25, 0.3) is 10.9 Å². The summed E-state index contributed by atoms with van der Waals surface area (Å²) in [5, 5.41) is 1.17. The summed E-state index contributed by atoms with van der Waals surface area (Å²) in [6.07, 6.45) is 8.04. The van der Waals surface area contributed by atoms with Crippen LogP contribution in [0, 0.1) is 0 Å². The summed E-state index contributed by atoms with van der Waals surface area (Å²) in [4.78, 5) is 4.50. The first kappa shape index (κ1) is 14.0. The number of nitrogens with one attached hydrogen (secondary N) is 1. The first-order valence-electron chi connectivity index (χ1n) is 7.16. The minimum absolute atomic E-state index is 0.203. The van der Waals surface area contributed by atoms with Gasteiger partial charge < -0.3 is 0 Å². The molecule has 0 bridgehead atoms. The monoisotopic (exact) mass is 257 g/mol. The lowest BCUT2D eigenvalue weighted by atomic mass is 10.0. The first-order chi connectivity index (χ1) is 9.35. The molecule has 0 aliphatic rings. The zero-order valence-electron chi connectivity index (χ0n) is 11.6. The van der Waals surface area contributed by atoms with E-state index >= 15 is 0 Å². The van der Waals surface area contributed by atoms with E-state index in [1.807, 2.05) is 24.4 Å². The zero-order chi connectivity index (χ0) is 13.5. The maximum atomic E-state index is 5.69. The van der Waals surface area contributed by atoms with Crippen molar-refractivity contribution in [1.82, 2.24) is 10.4 Å². The Kier molecular flexibility index (Phi) is 5.31. The maximum Gasteiger partial charge on any atom is 0.0702 e. The van der Waals surface area contributed by atoms with Gasteiger partial charge in [-0.05, 0) is 24.1 Å². The molecule has 0 aliphatic carbocycles. The molecule has 2 aromatic rings. The van der Waals surface area contributed by atoms with Crippen molar-refractivity contribution >= 4 is 10.9 Å². The van der Waals surface area contributed by atoms with Gasteiger partial charge in [-0.2, -0.15) is 0 Å². The second-order valence-electron chi connectivity index (χ2n) is 5.03. The molecular formula is C16H23N3. The maximum absolute atomic E-state index is 5.69.